The van der Waals surface area contributed by atoms with E-state index >= 15 is 0 Å². The number of hydrogen-bond donors (Lipinski definition) is 2. The van der Waals surface area contributed by atoms with Gasteiger partial charge in [0, 0.05) is 48.4 Å². The number of ether oxygens (including phenoxy) is 1. The van der Waals surface area contributed by atoms with Gasteiger partial charge in [0.1, 0.15) is 0 Å². The lowest BCUT2D eigenvalue weighted by Crippen LogP contribution is -2.46. The zero-order chi connectivity index (χ0) is 34.5. The number of aromatic nitrogens is 3. The van der Waals surface area contributed by atoms with Gasteiger partial charge in [-0.3, -0.25) is 19.2 Å². The normalized spacial score (nSPS) is 24.0. The van der Waals surface area contributed by atoms with E-state index in [9.17, 15) is 19.5 Å². The van der Waals surface area contributed by atoms with E-state index in [0.29, 0.717) is 49.3 Å². The highest BCUT2D eigenvalue weighted by atomic mass is 28.4. The van der Waals surface area contributed by atoms with E-state index in [1.165, 1.54) is 0 Å². The average Bonchev–Trinajstić information content (AvgIpc) is 3.75. The minimum Gasteiger partial charge on any atom is -0.432 e. The monoisotopic (exact) mass is 677 g/mol. The largest absolute Gasteiger partial charge is 0.432 e. The van der Waals surface area contributed by atoms with Crippen molar-refractivity contribution in [1.82, 2.24) is 15.0 Å². The second-order valence-electron chi connectivity index (χ2n) is 14.0. The van der Waals surface area contributed by atoms with Crippen LogP contribution in [-0.4, -0.2) is 64.3 Å². The van der Waals surface area contributed by atoms with Crippen molar-refractivity contribution in [3.63, 3.8) is 0 Å². The van der Waals surface area contributed by atoms with Crippen LogP contribution in [0.15, 0.2) is 91.6 Å². The molecule has 1 aromatic heterocycles. The van der Waals surface area contributed by atoms with Gasteiger partial charge in [0.2, 0.25) is 5.91 Å². The van der Waals surface area contributed by atoms with E-state index in [4.69, 9.17) is 4.74 Å². The summed E-state index contributed by atoms with van der Waals surface area (Å²) in [6.45, 7) is 10.4. The van der Waals surface area contributed by atoms with Crippen LogP contribution in [0.25, 0.3) is 0 Å². The van der Waals surface area contributed by atoms with Crippen LogP contribution in [0.5, 0.6) is 0 Å². The Morgan fingerprint density at radius 1 is 1.06 bits per heavy atom. The highest BCUT2D eigenvalue weighted by molar-refractivity contribution is 6.71. The Morgan fingerprint density at radius 3 is 2.55 bits per heavy atom. The first-order valence-corrected chi connectivity index (χ1v) is 20.0. The van der Waals surface area contributed by atoms with Gasteiger partial charge >= 0.3 is 0 Å². The van der Waals surface area contributed by atoms with Crippen molar-refractivity contribution < 1.29 is 24.2 Å². The fraction of sp³-hybridized carbons (Fsp3) is 0.368. The maximum absolute atomic E-state index is 14.6. The molecule has 254 valence electrons. The van der Waals surface area contributed by atoms with Crippen molar-refractivity contribution in [2.75, 3.05) is 23.0 Å². The Balaban J connectivity index is 1.24. The molecular formula is C38H43N5O5Si. The summed E-state index contributed by atoms with van der Waals surface area (Å²) in [6.07, 6.45) is 4.68. The number of rotatable bonds is 10. The molecule has 3 aliphatic rings. The minimum absolute atomic E-state index is 0.00270. The van der Waals surface area contributed by atoms with Crippen LogP contribution in [-0.2, 0) is 32.9 Å². The third kappa shape index (κ3) is 5.54. The first-order valence-electron chi connectivity index (χ1n) is 17.0. The first-order chi connectivity index (χ1) is 23.6. The Bertz CT molecular complexity index is 1890. The molecule has 10 nitrogen and oxygen atoms in total. The van der Waals surface area contributed by atoms with E-state index in [1.54, 1.807) is 20.6 Å². The molecule has 7 rings (SSSR count). The van der Waals surface area contributed by atoms with Crippen LogP contribution in [0, 0.1) is 5.92 Å². The molecule has 1 spiro atoms. The highest BCUT2D eigenvalue weighted by Gasteiger charge is 2.66. The number of fused-ring (bicyclic) bond motifs is 3. The van der Waals surface area contributed by atoms with Gasteiger partial charge in [-0.15, -0.1) is 11.7 Å². The molecule has 1 fully saturated rings. The Hall–Kier alpha value is -4.42. The smallest absolute Gasteiger partial charge is 0.264 e. The molecule has 11 heteroatoms. The molecule has 4 aromatic rings. The summed E-state index contributed by atoms with van der Waals surface area (Å²) < 4.78 is 8.77. The number of benzene rings is 3. The third-order valence-corrected chi connectivity index (χ3v) is 13.1. The van der Waals surface area contributed by atoms with Gasteiger partial charge in [-0.05, 0) is 61.3 Å². The summed E-state index contributed by atoms with van der Waals surface area (Å²) in [6, 6.07) is 23.4. The maximum atomic E-state index is 14.6. The number of carbonyl (C=O) groups excluding carboxylic acids is 2. The number of hydrogen-bond acceptors (Lipinski definition) is 7. The van der Waals surface area contributed by atoms with E-state index < -0.39 is 20.0 Å². The van der Waals surface area contributed by atoms with E-state index in [1.807, 2.05) is 99.0 Å². The molecule has 3 aromatic carbocycles. The molecule has 0 saturated carbocycles. The van der Waals surface area contributed by atoms with Crippen molar-refractivity contribution in [2.24, 2.45) is 5.92 Å². The number of aryl methyl sites for hydroxylation is 2. The van der Waals surface area contributed by atoms with Crippen LogP contribution in [0.2, 0.25) is 18.6 Å². The number of para-hydroxylation sites is 1. The van der Waals surface area contributed by atoms with Crippen molar-refractivity contribution in [2.45, 2.75) is 69.0 Å². The highest BCUT2D eigenvalue weighted by Crippen LogP contribution is 2.60. The minimum atomic E-state index is -2.90. The summed E-state index contributed by atoms with van der Waals surface area (Å²) in [5.41, 5.74) is 4.08. The molecule has 2 amide bonds. The third-order valence-electron chi connectivity index (χ3n) is 10.6. The molecule has 5 atom stereocenters. The van der Waals surface area contributed by atoms with Gasteiger partial charge in [0.15, 0.2) is 13.9 Å². The molecule has 0 aliphatic carbocycles. The zero-order valence-corrected chi connectivity index (χ0v) is 29.2. The molecule has 3 aliphatic heterocycles. The standard InChI is InChI=1S/C38H43N5O5Si/c1-5-20-42-33-17-16-28(43-32-14-10-9-13-27(32)15-18-35(43)45)22-30(33)38(37(42)46)25(2)36(49(3,4)47)34(48-38)19-21-41-23-31(39-40-41)29(24-44)26-11-7-6-8-12-26/h5-14,16-17,22-23,25,29,34,36,44,47H,1,15,18-21,24H2,2-4H3/t25-,29?,34+,36-,38+/m0/s1. The molecule has 49 heavy (non-hydrogen) atoms. The first kappa shape index (κ1) is 33.1. The van der Waals surface area contributed by atoms with Crippen LogP contribution >= 0.6 is 0 Å². The Morgan fingerprint density at radius 2 is 1.82 bits per heavy atom. The Labute approximate surface area is 287 Å². The van der Waals surface area contributed by atoms with Crippen LogP contribution in [0.3, 0.4) is 0 Å². The summed E-state index contributed by atoms with van der Waals surface area (Å²) in [4.78, 5) is 43.3. The summed E-state index contributed by atoms with van der Waals surface area (Å²) >= 11 is 0. The van der Waals surface area contributed by atoms with Gasteiger partial charge in [0.05, 0.1) is 35.7 Å². The molecular weight excluding hydrogens is 635 g/mol. The van der Waals surface area contributed by atoms with Crippen LogP contribution in [0.4, 0.5) is 17.1 Å². The average molecular weight is 678 g/mol. The number of nitrogens with zero attached hydrogens (tertiary/aromatic N) is 5. The second-order valence-corrected chi connectivity index (χ2v) is 17.9. The quantitative estimate of drug-likeness (QED) is 0.170. The van der Waals surface area contributed by atoms with E-state index in [-0.39, 0.29) is 35.8 Å². The lowest BCUT2D eigenvalue weighted by atomic mass is 9.82. The molecule has 1 unspecified atom stereocenters. The molecule has 2 N–H and O–H groups in total. The lowest BCUT2D eigenvalue weighted by Gasteiger charge is -2.33. The lowest BCUT2D eigenvalue weighted by molar-refractivity contribution is -0.145. The fourth-order valence-corrected chi connectivity index (χ4v) is 11.0. The summed E-state index contributed by atoms with van der Waals surface area (Å²) in [5, 5.41) is 18.9. The second kappa shape index (κ2) is 12.8. The van der Waals surface area contributed by atoms with Gasteiger partial charge in [-0.2, -0.15) is 0 Å². The van der Waals surface area contributed by atoms with E-state index in [2.05, 4.69) is 16.9 Å². The molecule has 1 saturated heterocycles. The van der Waals surface area contributed by atoms with Gasteiger partial charge in [0.25, 0.3) is 5.91 Å². The van der Waals surface area contributed by atoms with Crippen molar-refractivity contribution >= 4 is 37.2 Å². The maximum Gasteiger partial charge on any atom is 0.264 e. The summed E-state index contributed by atoms with van der Waals surface area (Å²) in [7, 11) is -2.90. The predicted molar refractivity (Wildman–Crippen MR) is 190 cm³/mol. The number of carbonyl (C=O) groups is 2. The van der Waals surface area contributed by atoms with Gasteiger partial charge < -0.3 is 19.5 Å². The van der Waals surface area contributed by atoms with Crippen molar-refractivity contribution in [3.05, 3.63) is 114 Å². The van der Waals surface area contributed by atoms with E-state index in [0.717, 1.165) is 22.5 Å². The molecule has 0 radical (unpaired) electrons. The topological polar surface area (TPSA) is 121 Å². The number of aliphatic hydroxyl groups is 1. The van der Waals surface area contributed by atoms with Crippen molar-refractivity contribution in [3.8, 4) is 0 Å². The number of anilines is 3. The van der Waals surface area contributed by atoms with Crippen molar-refractivity contribution in [1.29, 1.82) is 0 Å². The van der Waals surface area contributed by atoms with Gasteiger partial charge in [-0.1, -0.05) is 66.7 Å². The zero-order valence-electron chi connectivity index (χ0n) is 28.2. The molecule has 0 bridgehead atoms. The Kier molecular flexibility index (Phi) is 8.64. The number of aliphatic hydroxyl groups excluding tert-OH is 1. The van der Waals surface area contributed by atoms with Gasteiger partial charge in [-0.25, -0.2) is 0 Å². The summed E-state index contributed by atoms with van der Waals surface area (Å²) in [5.74, 6) is -0.829. The molecule has 4 heterocycles. The number of amides is 2. The fourth-order valence-electron chi connectivity index (χ4n) is 8.39. The van der Waals surface area contributed by atoms with Crippen LogP contribution in [0.1, 0.15) is 48.1 Å². The predicted octanol–water partition coefficient (Wildman–Crippen LogP) is 5.43. The van der Waals surface area contributed by atoms with Crippen LogP contribution < -0.4 is 9.80 Å². The SMILES string of the molecule is C=CCN1C(=O)[C@]2(O[C@H](CCn3cc(C(CO)c4ccccc4)nn3)[C@@H]([Si](C)(C)O)[C@@H]2C)c2cc(N3C(=O)CCc4ccccc43)ccc21.